The number of piperidine rings is 1. The molecule has 0 spiro atoms. The zero-order valence-electron chi connectivity index (χ0n) is 17.4. The first-order valence-corrected chi connectivity index (χ1v) is 12.1. The summed E-state index contributed by atoms with van der Waals surface area (Å²) in [6, 6.07) is 16.6. The number of ether oxygens (including phenoxy) is 2. The van der Waals surface area contributed by atoms with Gasteiger partial charge in [0.25, 0.3) is 0 Å². The Morgan fingerprint density at radius 1 is 1.13 bits per heavy atom. The third kappa shape index (κ3) is 5.52. The van der Waals surface area contributed by atoms with Crippen molar-refractivity contribution in [1.82, 2.24) is 9.88 Å². The molecule has 0 saturated carbocycles. The van der Waals surface area contributed by atoms with Gasteiger partial charge in [-0.2, -0.15) is 0 Å². The van der Waals surface area contributed by atoms with E-state index in [2.05, 4.69) is 42.3 Å². The van der Waals surface area contributed by atoms with E-state index >= 15 is 0 Å². The number of hydrogen-bond donors (Lipinski definition) is 0. The summed E-state index contributed by atoms with van der Waals surface area (Å²) in [7, 11) is 2.17. The minimum Gasteiger partial charge on any atom is -0.494 e. The molecule has 1 aromatic heterocycles. The highest BCUT2D eigenvalue weighted by Gasteiger charge is 2.26. The van der Waals surface area contributed by atoms with Gasteiger partial charge in [-0.3, -0.25) is 0 Å². The number of hydrogen-bond acceptors (Lipinski definition) is 5. The topological polar surface area (TPSA) is 34.6 Å². The first-order valence-electron chi connectivity index (χ1n) is 10.7. The number of unbranched alkanes of at least 4 members (excludes halogenated alkanes) is 1. The van der Waals surface area contributed by atoms with E-state index in [1.807, 2.05) is 18.2 Å². The number of likely N-dealkylation sites (tertiary alicyclic amines) is 1. The van der Waals surface area contributed by atoms with Crippen LogP contribution in [-0.2, 0) is 4.74 Å². The normalized spacial score (nSPS) is 16.7. The number of halogens is 1. The van der Waals surface area contributed by atoms with E-state index in [1.165, 1.54) is 4.70 Å². The van der Waals surface area contributed by atoms with Crippen molar-refractivity contribution < 1.29 is 9.47 Å². The van der Waals surface area contributed by atoms with E-state index in [9.17, 15) is 0 Å². The number of para-hydroxylation sites is 1. The van der Waals surface area contributed by atoms with Crippen molar-refractivity contribution in [2.75, 3.05) is 32.6 Å². The average Bonchev–Trinajstić information content (AvgIpc) is 3.20. The second-order valence-corrected chi connectivity index (χ2v) is 9.30. The highest BCUT2D eigenvalue weighted by Crippen LogP contribution is 2.36. The number of thiazole rings is 1. The molecule has 30 heavy (non-hydrogen) atoms. The summed E-state index contributed by atoms with van der Waals surface area (Å²) < 4.78 is 13.8. The molecule has 0 N–H and O–H groups in total. The number of aromatic nitrogens is 1. The van der Waals surface area contributed by atoms with Gasteiger partial charge in [0, 0.05) is 19.0 Å². The molecule has 1 unspecified atom stereocenters. The van der Waals surface area contributed by atoms with Crippen LogP contribution in [0.15, 0.2) is 48.5 Å². The zero-order chi connectivity index (χ0) is 20.8. The lowest BCUT2D eigenvalue weighted by Crippen LogP contribution is -2.35. The molecule has 1 fully saturated rings. The summed E-state index contributed by atoms with van der Waals surface area (Å²) in [6.45, 7) is 2.82. The van der Waals surface area contributed by atoms with Crippen molar-refractivity contribution in [2.45, 2.75) is 37.9 Å². The van der Waals surface area contributed by atoms with Gasteiger partial charge in [-0.25, -0.2) is 4.98 Å². The highest BCUT2D eigenvalue weighted by atomic mass is 35.5. The Morgan fingerprint density at radius 2 is 1.97 bits per heavy atom. The first-order chi connectivity index (χ1) is 14.7. The SMILES string of the molecule is CN1CCC(OC(c2cccc(OCCCCCl)c2)c2nc3ccccc3s2)CC1. The van der Waals surface area contributed by atoms with Gasteiger partial charge in [-0.15, -0.1) is 22.9 Å². The molecule has 1 atom stereocenters. The molecule has 0 amide bonds. The second-order valence-electron chi connectivity index (χ2n) is 7.86. The maximum Gasteiger partial charge on any atom is 0.135 e. The van der Waals surface area contributed by atoms with Gasteiger partial charge in [0.05, 0.1) is 22.9 Å². The molecule has 2 heterocycles. The first kappa shape index (κ1) is 21.6. The minimum absolute atomic E-state index is 0.179. The Hall–Kier alpha value is -1.66. The van der Waals surface area contributed by atoms with E-state index in [1.54, 1.807) is 11.3 Å². The molecule has 2 aromatic carbocycles. The van der Waals surface area contributed by atoms with Crippen molar-refractivity contribution >= 4 is 33.2 Å². The van der Waals surface area contributed by atoms with Crippen LogP contribution in [-0.4, -0.2) is 48.6 Å². The predicted molar refractivity (Wildman–Crippen MR) is 125 cm³/mol. The van der Waals surface area contributed by atoms with Crippen molar-refractivity contribution in [3.63, 3.8) is 0 Å². The van der Waals surface area contributed by atoms with Crippen LogP contribution in [0.2, 0.25) is 0 Å². The number of fused-ring (bicyclic) bond motifs is 1. The van der Waals surface area contributed by atoms with Crippen molar-refractivity contribution in [3.05, 3.63) is 59.1 Å². The Morgan fingerprint density at radius 3 is 2.77 bits per heavy atom. The summed E-state index contributed by atoms with van der Waals surface area (Å²) in [5.74, 6) is 1.55. The minimum atomic E-state index is -0.179. The number of benzene rings is 2. The standard InChI is InChI=1S/C24H29ClN2O2S/c1-27-14-11-19(12-15-27)29-23(24-26-21-9-2-3-10-22(21)30-24)18-7-6-8-20(17-18)28-16-5-4-13-25/h2-3,6-10,17,19,23H,4-5,11-16H2,1H3. The quantitative estimate of drug-likeness (QED) is 0.304. The lowest BCUT2D eigenvalue weighted by atomic mass is 10.1. The van der Waals surface area contributed by atoms with Gasteiger partial charge in [-0.1, -0.05) is 24.3 Å². The molecule has 4 rings (SSSR count). The Labute approximate surface area is 187 Å². The van der Waals surface area contributed by atoms with Crippen LogP contribution in [0, 0.1) is 0 Å². The molecule has 4 nitrogen and oxygen atoms in total. The third-order valence-electron chi connectivity index (χ3n) is 5.49. The number of rotatable bonds is 9. The lowest BCUT2D eigenvalue weighted by Gasteiger charge is -2.31. The van der Waals surface area contributed by atoms with Gasteiger partial charge in [0.2, 0.25) is 0 Å². The smallest absolute Gasteiger partial charge is 0.135 e. The predicted octanol–water partition coefficient (Wildman–Crippen LogP) is 5.89. The molecule has 0 radical (unpaired) electrons. The molecule has 0 aliphatic carbocycles. The monoisotopic (exact) mass is 444 g/mol. The van der Waals surface area contributed by atoms with Gasteiger partial charge in [0.15, 0.2) is 0 Å². The van der Waals surface area contributed by atoms with Gasteiger partial charge < -0.3 is 14.4 Å². The van der Waals surface area contributed by atoms with E-state index in [4.69, 9.17) is 26.1 Å². The lowest BCUT2D eigenvalue weighted by molar-refractivity contribution is -0.0235. The van der Waals surface area contributed by atoms with E-state index < -0.39 is 0 Å². The van der Waals surface area contributed by atoms with Crippen LogP contribution in [0.3, 0.4) is 0 Å². The Kier molecular flexibility index (Phi) is 7.61. The van der Waals surface area contributed by atoms with Crippen LogP contribution >= 0.6 is 22.9 Å². The molecule has 160 valence electrons. The van der Waals surface area contributed by atoms with Crippen molar-refractivity contribution in [1.29, 1.82) is 0 Å². The fourth-order valence-corrected chi connectivity index (χ4v) is 4.97. The molecule has 1 saturated heterocycles. The average molecular weight is 445 g/mol. The second kappa shape index (κ2) is 10.6. The fourth-order valence-electron chi connectivity index (χ4n) is 3.75. The van der Waals surface area contributed by atoms with Gasteiger partial charge in [-0.05, 0) is 62.6 Å². The fraction of sp³-hybridized carbons (Fsp3) is 0.458. The highest BCUT2D eigenvalue weighted by molar-refractivity contribution is 7.18. The summed E-state index contributed by atoms with van der Waals surface area (Å²) in [4.78, 5) is 7.28. The summed E-state index contributed by atoms with van der Waals surface area (Å²) in [5, 5.41) is 1.01. The summed E-state index contributed by atoms with van der Waals surface area (Å²) in [5.41, 5.74) is 2.13. The molecule has 6 heteroatoms. The number of alkyl halides is 1. The summed E-state index contributed by atoms with van der Waals surface area (Å²) >= 11 is 7.49. The van der Waals surface area contributed by atoms with Crippen molar-refractivity contribution in [2.24, 2.45) is 0 Å². The zero-order valence-corrected chi connectivity index (χ0v) is 19.0. The maximum atomic E-state index is 6.69. The van der Waals surface area contributed by atoms with E-state index in [0.717, 1.165) is 60.6 Å². The van der Waals surface area contributed by atoms with Crippen molar-refractivity contribution in [3.8, 4) is 5.75 Å². The van der Waals surface area contributed by atoms with Gasteiger partial charge in [0.1, 0.15) is 16.9 Å². The summed E-state index contributed by atoms with van der Waals surface area (Å²) in [6.07, 6.45) is 4.09. The molecule has 0 bridgehead atoms. The third-order valence-corrected chi connectivity index (χ3v) is 6.83. The molecule has 1 aliphatic heterocycles. The van der Waals surface area contributed by atoms with E-state index in [-0.39, 0.29) is 12.2 Å². The Balaban J connectivity index is 1.58. The maximum absolute atomic E-state index is 6.69. The number of nitrogens with zero attached hydrogens (tertiary/aromatic N) is 2. The van der Waals surface area contributed by atoms with Gasteiger partial charge >= 0.3 is 0 Å². The molecule has 3 aromatic rings. The van der Waals surface area contributed by atoms with Crippen LogP contribution < -0.4 is 4.74 Å². The Bertz CT molecular complexity index is 907. The van der Waals surface area contributed by atoms with Crippen LogP contribution in [0.1, 0.15) is 42.4 Å². The molecular formula is C24H29ClN2O2S. The van der Waals surface area contributed by atoms with E-state index in [0.29, 0.717) is 12.5 Å². The molecule has 1 aliphatic rings. The van der Waals surface area contributed by atoms with Crippen LogP contribution in [0.4, 0.5) is 0 Å². The van der Waals surface area contributed by atoms with Crippen LogP contribution in [0.25, 0.3) is 10.2 Å². The molecular weight excluding hydrogens is 416 g/mol. The largest absolute Gasteiger partial charge is 0.494 e. The van der Waals surface area contributed by atoms with Crippen LogP contribution in [0.5, 0.6) is 5.75 Å².